The van der Waals surface area contributed by atoms with Gasteiger partial charge in [-0.15, -0.1) is 0 Å². The number of benzene rings is 2. The lowest BCUT2D eigenvalue weighted by molar-refractivity contribution is -0.385. The maximum atomic E-state index is 12.8. The first-order chi connectivity index (χ1) is 15.8. The second-order valence-corrected chi connectivity index (χ2v) is 7.76. The van der Waals surface area contributed by atoms with Gasteiger partial charge in [0.2, 0.25) is 12.6 Å². The number of ketones is 1. The molecule has 0 saturated carbocycles. The number of nitro benzene ring substituents is 1. The molecule has 0 spiro atoms. The van der Waals surface area contributed by atoms with E-state index in [-0.39, 0.29) is 29.4 Å². The Balaban J connectivity index is 1.47. The molecule has 2 heterocycles. The summed E-state index contributed by atoms with van der Waals surface area (Å²) in [6.45, 7) is 5.48. The summed E-state index contributed by atoms with van der Waals surface area (Å²) in [6.07, 6.45) is 0. The van der Waals surface area contributed by atoms with E-state index in [9.17, 15) is 19.7 Å². The third-order valence-corrected chi connectivity index (χ3v) is 5.71. The van der Waals surface area contributed by atoms with E-state index < -0.39 is 17.5 Å². The smallest absolute Gasteiger partial charge is 0.339 e. The van der Waals surface area contributed by atoms with Gasteiger partial charge in [-0.2, -0.15) is 0 Å². The van der Waals surface area contributed by atoms with Gasteiger partial charge in [-0.25, -0.2) is 4.79 Å². The van der Waals surface area contributed by atoms with Crippen molar-refractivity contribution in [3.63, 3.8) is 0 Å². The Hall–Kier alpha value is -4.14. The number of nitro groups is 1. The second kappa shape index (κ2) is 8.78. The van der Waals surface area contributed by atoms with E-state index in [1.807, 2.05) is 36.6 Å². The summed E-state index contributed by atoms with van der Waals surface area (Å²) < 4.78 is 18.0. The number of ether oxygens (including phenoxy) is 3. The summed E-state index contributed by atoms with van der Waals surface area (Å²) >= 11 is 0. The number of esters is 1. The van der Waals surface area contributed by atoms with E-state index in [1.165, 1.54) is 25.1 Å². The van der Waals surface area contributed by atoms with Crippen molar-refractivity contribution in [2.24, 2.45) is 0 Å². The van der Waals surface area contributed by atoms with Crippen molar-refractivity contribution in [2.45, 2.75) is 27.3 Å². The number of aryl methyl sites for hydroxylation is 1. The van der Waals surface area contributed by atoms with Gasteiger partial charge in [0.1, 0.15) is 0 Å². The van der Waals surface area contributed by atoms with Gasteiger partial charge in [0.15, 0.2) is 18.1 Å². The topological polar surface area (TPSA) is 110 Å². The molecular formula is C24H22N2O7. The van der Waals surface area contributed by atoms with Crippen LogP contribution in [0.25, 0.3) is 0 Å². The first-order valence-corrected chi connectivity index (χ1v) is 10.3. The maximum Gasteiger partial charge on any atom is 0.339 e. The predicted molar refractivity (Wildman–Crippen MR) is 118 cm³/mol. The van der Waals surface area contributed by atoms with Crippen LogP contribution in [-0.4, -0.2) is 34.6 Å². The van der Waals surface area contributed by atoms with Gasteiger partial charge in [0, 0.05) is 35.1 Å². The number of Topliss-reactive ketones (excluding diaryl/α,β-unsaturated/α-hetero) is 1. The van der Waals surface area contributed by atoms with Crippen LogP contribution in [0, 0.1) is 30.9 Å². The average Bonchev–Trinajstić information content (AvgIpc) is 3.36. The summed E-state index contributed by atoms with van der Waals surface area (Å²) in [4.78, 5) is 35.8. The monoisotopic (exact) mass is 450 g/mol. The molecule has 0 atom stereocenters. The van der Waals surface area contributed by atoms with Crippen molar-refractivity contribution in [1.82, 2.24) is 4.57 Å². The molecule has 2 aromatic carbocycles. The van der Waals surface area contributed by atoms with Crippen LogP contribution in [0.4, 0.5) is 5.69 Å². The number of fused-ring (bicyclic) bond motifs is 1. The molecule has 4 rings (SSSR count). The van der Waals surface area contributed by atoms with E-state index >= 15 is 0 Å². The molecule has 0 N–H and O–H groups in total. The quantitative estimate of drug-likeness (QED) is 0.230. The number of rotatable bonds is 7. The van der Waals surface area contributed by atoms with Gasteiger partial charge < -0.3 is 18.8 Å². The minimum atomic E-state index is -0.779. The SMILES string of the molecule is Cc1c(C(=O)OCC(=O)c2cc(C)n(Cc3ccc4c(c3)OCO4)c2C)cccc1[N+](=O)[O-]. The summed E-state index contributed by atoms with van der Waals surface area (Å²) in [5.74, 6) is 0.265. The van der Waals surface area contributed by atoms with Gasteiger partial charge in [-0.1, -0.05) is 12.1 Å². The molecule has 0 saturated heterocycles. The molecule has 3 aromatic rings. The average molecular weight is 450 g/mol. The molecule has 0 bridgehead atoms. The lowest BCUT2D eigenvalue weighted by Crippen LogP contribution is -2.16. The van der Waals surface area contributed by atoms with E-state index in [0.717, 1.165) is 17.0 Å². The molecule has 170 valence electrons. The van der Waals surface area contributed by atoms with E-state index in [4.69, 9.17) is 14.2 Å². The number of nitrogens with zero attached hydrogens (tertiary/aromatic N) is 2. The van der Waals surface area contributed by atoms with Gasteiger partial charge in [0.25, 0.3) is 5.69 Å². The molecule has 1 aromatic heterocycles. The molecule has 33 heavy (non-hydrogen) atoms. The normalized spacial score (nSPS) is 12.0. The largest absolute Gasteiger partial charge is 0.454 e. The van der Waals surface area contributed by atoms with Gasteiger partial charge in [-0.05, 0) is 50.6 Å². The molecule has 1 aliphatic rings. The first-order valence-electron chi connectivity index (χ1n) is 10.3. The van der Waals surface area contributed by atoms with Gasteiger partial charge >= 0.3 is 5.97 Å². The minimum Gasteiger partial charge on any atom is -0.454 e. The molecule has 0 unspecified atom stereocenters. The number of carbonyl (C=O) groups excluding carboxylic acids is 2. The highest BCUT2D eigenvalue weighted by atomic mass is 16.7. The van der Waals surface area contributed by atoms with Crippen LogP contribution in [0.5, 0.6) is 11.5 Å². The first kappa shape index (κ1) is 22.1. The Morgan fingerprint density at radius 1 is 1.06 bits per heavy atom. The lowest BCUT2D eigenvalue weighted by Gasteiger charge is -2.11. The number of aromatic nitrogens is 1. The van der Waals surface area contributed by atoms with Crippen LogP contribution in [0.2, 0.25) is 0 Å². The number of hydrogen-bond donors (Lipinski definition) is 0. The Bertz CT molecular complexity index is 1280. The van der Waals surface area contributed by atoms with E-state index in [1.54, 1.807) is 6.07 Å². The zero-order chi connectivity index (χ0) is 23.7. The standard InChI is InChI=1S/C24H22N2O7/c1-14-9-19(16(3)25(14)11-17-7-8-22-23(10-17)33-13-32-22)21(27)12-31-24(28)18-5-4-6-20(15(18)2)26(29)30/h4-10H,11-13H2,1-3H3. The molecule has 0 aliphatic carbocycles. The summed E-state index contributed by atoms with van der Waals surface area (Å²) in [6, 6.07) is 11.6. The molecule has 9 nitrogen and oxygen atoms in total. The highest BCUT2D eigenvalue weighted by molar-refractivity contribution is 6.00. The Morgan fingerprint density at radius 2 is 1.82 bits per heavy atom. The number of carbonyl (C=O) groups is 2. The zero-order valence-electron chi connectivity index (χ0n) is 18.4. The van der Waals surface area contributed by atoms with Crippen LogP contribution in [0.3, 0.4) is 0 Å². The number of hydrogen-bond acceptors (Lipinski definition) is 7. The van der Waals surface area contributed by atoms with Gasteiger partial charge in [0.05, 0.1) is 10.5 Å². The van der Waals surface area contributed by atoms with E-state index in [2.05, 4.69) is 0 Å². The van der Waals surface area contributed by atoms with Gasteiger partial charge in [-0.3, -0.25) is 14.9 Å². The Morgan fingerprint density at radius 3 is 2.58 bits per heavy atom. The highest BCUT2D eigenvalue weighted by Gasteiger charge is 2.22. The summed E-state index contributed by atoms with van der Waals surface area (Å²) in [5.41, 5.74) is 3.16. The van der Waals surface area contributed by atoms with Crippen LogP contribution in [0.15, 0.2) is 42.5 Å². The van der Waals surface area contributed by atoms with Crippen LogP contribution in [-0.2, 0) is 11.3 Å². The third-order valence-electron chi connectivity index (χ3n) is 5.71. The molecule has 1 aliphatic heterocycles. The Kier molecular flexibility index (Phi) is 5.87. The highest BCUT2D eigenvalue weighted by Crippen LogP contribution is 2.33. The summed E-state index contributed by atoms with van der Waals surface area (Å²) in [5, 5.41) is 11.1. The minimum absolute atomic E-state index is 0.0604. The molecular weight excluding hydrogens is 428 g/mol. The zero-order valence-corrected chi connectivity index (χ0v) is 18.4. The molecule has 0 amide bonds. The van der Waals surface area contributed by atoms with Crippen LogP contribution >= 0.6 is 0 Å². The van der Waals surface area contributed by atoms with E-state index in [0.29, 0.717) is 23.6 Å². The lowest BCUT2D eigenvalue weighted by atomic mass is 10.1. The fourth-order valence-electron chi connectivity index (χ4n) is 3.88. The third kappa shape index (κ3) is 4.30. The van der Waals surface area contributed by atoms with Crippen molar-refractivity contribution in [2.75, 3.05) is 13.4 Å². The Labute approximate surface area is 189 Å². The van der Waals surface area contributed by atoms with Crippen LogP contribution < -0.4 is 9.47 Å². The fraction of sp³-hybridized carbons (Fsp3) is 0.250. The van der Waals surface area contributed by atoms with Crippen molar-refractivity contribution >= 4 is 17.4 Å². The van der Waals surface area contributed by atoms with Crippen molar-refractivity contribution < 1.29 is 28.7 Å². The van der Waals surface area contributed by atoms with Crippen molar-refractivity contribution in [3.05, 3.63) is 86.2 Å². The van der Waals surface area contributed by atoms with Crippen molar-refractivity contribution in [1.29, 1.82) is 0 Å². The van der Waals surface area contributed by atoms with Crippen LogP contribution in [0.1, 0.15) is 43.2 Å². The predicted octanol–water partition coefficient (Wildman–Crippen LogP) is 4.14. The maximum absolute atomic E-state index is 12.8. The molecule has 9 heteroatoms. The summed E-state index contributed by atoms with van der Waals surface area (Å²) in [7, 11) is 0. The molecule has 0 radical (unpaired) electrons. The molecule has 0 fully saturated rings. The second-order valence-electron chi connectivity index (χ2n) is 7.76. The fourth-order valence-corrected chi connectivity index (χ4v) is 3.88. The van der Waals surface area contributed by atoms with Crippen molar-refractivity contribution in [3.8, 4) is 11.5 Å².